The minimum Gasteiger partial charge on any atom is -0.352 e. The minimum absolute atomic E-state index is 0.0445. The molecule has 0 spiro atoms. The van der Waals surface area contributed by atoms with Gasteiger partial charge in [-0.25, -0.2) is 4.68 Å². The summed E-state index contributed by atoms with van der Waals surface area (Å²) in [5.74, 6) is -0.168. The molecule has 0 unspecified atom stereocenters. The first kappa shape index (κ1) is 14.0. The van der Waals surface area contributed by atoms with Crippen LogP contribution in [0.4, 0.5) is 0 Å². The maximum absolute atomic E-state index is 11.8. The van der Waals surface area contributed by atoms with Gasteiger partial charge in [0.15, 0.2) is 0 Å². The summed E-state index contributed by atoms with van der Waals surface area (Å²) >= 11 is 3.41. The summed E-state index contributed by atoms with van der Waals surface area (Å²) in [7, 11) is 0. The van der Waals surface area contributed by atoms with E-state index in [0.29, 0.717) is 5.69 Å². The van der Waals surface area contributed by atoms with Crippen molar-refractivity contribution in [1.82, 2.24) is 15.1 Å². The highest BCUT2D eigenvalue weighted by molar-refractivity contribution is 9.10. The van der Waals surface area contributed by atoms with Gasteiger partial charge >= 0.3 is 0 Å². The van der Waals surface area contributed by atoms with Gasteiger partial charge in [-0.3, -0.25) is 9.59 Å². The van der Waals surface area contributed by atoms with Crippen LogP contribution in [0.3, 0.4) is 0 Å². The quantitative estimate of drug-likeness (QED) is 0.919. The molecule has 0 bridgehead atoms. The molecule has 1 aromatic heterocycles. The van der Waals surface area contributed by atoms with Gasteiger partial charge in [0.1, 0.15) is 6.54 Å². The number of nitrogens with zero attached hydrogens (tertiary/aromatic N) is 2. The first-order valence-electron chi connectivity index (χ1n) is 6.75. The van der Waals surface area contributed by atoms with E-state index in [1.54, 1.807) is 6.07 Å². The standard InChI is InChI=1S/C15H14BrN3O2/c16-11-3-1-2-10(8-11)13-6-7-15(21)19(18-13)9-14(20)17-12-4-5-12/h1-3,6-8,12H,4-5,9H2,(H,17,20). The van der Waals surface area contributed by atoms with Gasteiger partial charge in [-0.15, -0.1) is 0 Å². The predicted octanol–water partition coefficient (Wildman–Crippen LogP) is 1.95. The number of nitrogens with one attached hydrogen (secondary N) is 1. The van der Waals surface area contributed by atoms with Crippen molar-refractivity contribution in [3.63, 3.8) is 0 Å². The first-order valence-corrected chi connectivity index (χ1v) is 7.54. The number of halogens is 1. The molecular formula is C15H14BrN3O2. The molecule has 1 fully saturated rings. The maximum Gasteiger partial charge on any atom is 0.267 e. The van der Waals surface area contributed by atoms with Crippen LogP contribution in [0, 0.1) is 0 Å². The largest absolute Gasteiger partial charge is 0.352 e. The van der Waals surface area contributed by atoms with Crippen LogP contribution in [-0.4, -0.2) is 21.7 Å². The summed E-state index contributed by atoms with van der Waals surface area (Å²) in [5.41, 5.74) is 1.27. The summed E-state index contributed by atoms with van der Waals surface area (Å²) in [4.78, 5) is 23.6. The van der Waals surface area contributed by atoms with E-state index in [-0.39, 0.29) is 24.1 Å². The van der Waals surface area contributed by atoms with Crippen molar-refractivity contribution in [2.24, 2.45) is 0 Å². The zero-order valence-electron chi connectivity index (χ0n) is 11.3. The normalized spacial score (nSPS) is 14.0. The van der Waals surface area contributed by atoms with Crippen LogP contribution >= 0.6 is 15.9 Å². The minimum atomic E-state index is -0.278. The number of aromatic nitrogens is 2. The molecule has 1 aliphatic carbocycles. The highest BCUT2D eigenvalue weighted by atomic mass is 79.9. The average molecular weight is 348 g/mol. The molecule has 0 saturated heterocycles. The summed E-state index contributed by atoms with van der Waals surface area (Å²) < 4.78 is 2.14. The third-order valence-corrected chi connectivity index (χ3v) is 3.72. The molecule has 1 saturated carbocycles. The number of hydrogen-bond donors (Lipinski definition) is 1. The molecule has 1 aliphatic rings. The van der Waals surface area contributed by atoms with E-state index in [4.69, 9.17) is 0 Å². The number of hydrogen-bond acceptors (Lipinski definition) is 3. The molecule has 1 aromatic carbocycles. The Balaban J connectivity index is 1.85. The molecule has 6 heteroatoms. The lowest BCUT2D eigenvalue weighted by Gasteiger charge is -2.08. The van der Waals surface area contributed by atoms with Crippen LogP contribution in [0.5, 0.6) is 0 Å². The molecular weight excluding hydrogens is 334 g/mol. The van der Waals surface area contributed by atoms with Crippen molar-refractivity contribution in [1.29, 1.82) is 0 Å². The number of carbonyl (C=O) groups excluding carboxylic acids is 1. The van der Waals surface area contributed by atoms with Crippen LogP contribution in [0.1, 0.15) is 12.8 Å². The van der Waals surface area contributed by atoms with Gasteiger partial charge in [0.2, 0.25) is 5.91 Å². The lowest BCUT2D eigenvalue weighted by atomic mass is 10.1. The van der Waals surface area contributed by atoms with E-state index in [1.165, 1.54) is 10.7 Å². The van der Waals surface area contributed by atoms with Crippen molar-refractivity contribution in [3.8, 4) is 11.3 Å². The molecule has 2 aromatic rings. The summed E-state index contributed by atoms with van der Waals surface area (Å²) in [6.07, 6.45) is 2.04. The van der Waals surface area contributed by atoms with E-state index in [1.807, 2.05) is 24.3 Å². The molecule has 0 atom stereocenters. The Morgan fingerprint density at radius 3 is 2.86 bits per heavy atom. The summed E-state index contributed by atoms with van der Waals surface area (Å²) in [6.45, 7) is -0.0445. The third kappa shape index (κ3) is 3.58. The van der Waals surface area contributed by atoms with E-state index in [2.05, 4.69) is 26.3 Å². The van der Waals surface area contributed by atoms with Crippen molar-refractivity contribution in [2.45, 2.75) is 25.4 Å². The molecule has 1 N–H and O–H groups in total. The fourth-order valence-corrected chi connectivity index (χ4v) is 2.40. The van der Waals surface area contributed by atoms with Crippen molar-refractivity contribution < 1.29 is 4.79 Å². The Kier molecular flexibility index (Phi) is 3.88. The Morgan fingerprint density at radius 1 is 1.33 bits per heavy atom. The topological polar surface area (TPSA) is 64.0 Å². The lowest BCUT2D eigenvalue weighted by molar-refractivity contribution is -0.122. The van der Waals surface area contributed by atoms with Crippen LogP contribution < -0.4 is 10.9 Å². The molecule has 1 heterocycles. The third-order valence-electron chi connectivity index (χ3n) is 3.22. The van der Waals surface area contributed by atoms with Crippen molar-refractivity contribution >= 4 is 21.8 Å². The number of amides is 1. The number of carbonyl (C=O) groups is 1. The van der Waals surface area contributed by atoms with Gasteiger partial charge in [0.05, 0.1) is 5.69 Å². The molecule has 0 radical (unpaired) electrons. The highest BCUT2D eigenvalue weighted by Gasteiger charge is 2.23. The van der Waals surface area contributed by atoms with E-state index >= 15 is 0 Å². The monoisotopic (exact) mass is 347 g/mol. The van der Waals surface area contributed by atoms with E-state index in [9.17, 15) is 9.59 Å². The zero-order chi connectivity index (χ0) is 14.8. The first-order chi connectivity index (χ1) is 10.1. The van der Waals surface area contributed by atoms with Crippen molar-refractivity contribution in [2.75, 3.05) is 0 Å². The summed E-state index contributed by atoms with van der Waals surface area (Å²) in [6, 6.07) is 11.0. The molecule has 5 nitrogen and oxygen atoms in total. The molecule has 0 aliphatic heterocycles. The SMILES string of the molecule is O=C(Cn1nc(-c2cccc(Br)c2)ccc1=O)NC1CC1. The Hall–Kier alpha value is -1.95. The Bertz CT molecular complexity index is 738. The van der Waals surface area contributed by atoms with Gasteiger partial charge in [-0.1, -0.05) is 28.1 Å². The number of rotatable bonds is 4. The second kappa shape index (κ2) is 5.81. The van der Waals surface area contributed by atoms with E-state index in [0.717, 1.165) is 22.9 Å². The van der Waals surface area contributed by atoms with Gasteiger partial charge in [0, 0.05) is 22.1 Å². The smallest absolute Gasteiger partial charge is 0.267 e. The van der Waals surface area contributed by atoms with Gasteiger partial charge in [0.25, 0.3) is 5.56 Å². The molecule has 1 amide bonds. The lowest BCUT2D eigenvalue weighted by Crippen LogP contribution is -2.34. The van der Waals surface area contributed by atoms with Crippen LogP contribution in [0.15, 0.2) is 45.7 Å². The summed E-state index contributed by atoms with van der Waals surface area (Å²) in [5, 5.41) is 7.13. The van der Waals surface area contributed by atoms with E-state index < -0.39 is 0 Å². The van der Waals surface area contributed by atoms with Crippen LogP contribution in [0.2, 0.25) is 0 Å². The fourth-order valence-electron chi connectivity index (χ4n) is 2.00. The maximum atomic E-state index is 11.8. The molecule has 3 rings (SSSR count). The predicted molar refractivity (Wildman–Crippen MR) is 82.8 cm³/mol. The Labute approximate surface area is 130 Å². The second-order valence-corrected chi connectivity index (χ2v) is 5.98. The van der Waals surface area contributed by atoms with Gasteiger partial charge in [-0.2, -0.15) is 5.10 Å². The zero-order valence-corrected chi connectivity index (χ0v) is 12.8. The molecule has 108 valence electrons. The Morgan fingerprint density at radius 2 is 2.14 bits per heavy atom. The average Bonchev–Trinajstić information content (AvgIpc) is 3.25. The van der Waals surface area contributed by atoms with Crippen molar-refractivity contribution in [3.05, 3.63) is 51.2 Å². The van der Waals surface area contributed by atoms with Gasteiger partial charge in [-0.05, 0) is 31.0 Å². The van der Waals surface area contributed by atoms with Crippen LogP contribution in [-0.2, 0) is 11.3 Å². The second-order valence-electron chi connectivity index (χ2n) is 5.07. The van der Waals surface area contributed by atoms with Crippen LogP contribution in [0.25, 0.3) is 11.3 Å². The highest BCUT2D eigenvalue weighted by Crippen LogP contribution is 2.20. The molecule has 21 heavy (non-hydrogen) atoms. The number of benzene rings is 1. The van der Waals surface area contributed by atoms with Gasteiger partial charge < -0.3 is 5.32 Å². The fraction of sp³-hybridized carbons (Fsp3) is 0.267.